The third-order valence-electron chi connectivity index (χ3n) is 4.74. The Labute approximate surface area is 180 Å². The van der Waals surface area contributed by atoms with Crippen molar-refractivity contribution in [3.05, 3.63) is 63.7 Å². The quantitative estimate of drug-likeness (QED) is 0.550. The number of hydrogen-bond donors (Lipinski definition) is 1. The van der Waals surface area contributed by atoms with Gasteiger partial charge in [0, 0.05) is 0 Å². The summed E-state index contributed by atoms with van der Waals surface area (Å²) in [6.07, 6.45) is 2.26. The van der Waals surface area contributed by atoms with Crippen LogP contribution in [-0.4, -0.2) is 23.9 Å². The lowest BCUT2D eigenvalue weighted by atomic mass is 10.1. The molecule has 1 heterocycles. The maximum Gasteiger partial charge on any atom is 0.335 e. The molecule has 6 nitrogen and oxygen atoms in total. The van der Waals surface area contributed by atoms with Crippen LogP contribution in [0.1, 0.15) is 37.0 Å². The van der Waals surface area contributed by atoms with Crippen molar-refractivity contribution in [2.24, 2.45) is 0 Å². The van der Waals surface area contributed by atoms with E-state index in [1.165, 1.54) is 6.08 Å². The number of anilines is 1. The molecule has 3 rings (SSSR count). The maximum atomic E-state index is 13.0. The first-order valence-electron chi connectivity index (χ1n) is 9.65. The third-order valence-corrected chi connectivity index (χ3v) is 5.03. The first kappa shape index (κ1) is 21.6. The van der Waals surface area contributed by atoms with Gasteiger partial charge >= 0.3 is 6.03 Å². The number of ether oxygens (including phenoxy) is 1. The lowest BCUT2D eigenvalue weighted by Crippen LogP contribution is -2.54. The second-order valence-corrected chi connectivity index (χ2v) is 7.74. The monoisotopic (exact) mass is 426 g/mol. The smallest absolute Gasteiger partial charge is 0.335 e. The number of halogens is 1. The lowest BCUT2D eigenvalue weighted by molar-refractivity contribution is -0.122. The molecule has 30 heavy (non-hydrogen) atoms. The van der Waals surface area contributed by atoms with Gasteiger partial charge in [-0.1, -0.05) is 30.7 Å². The summed E-state index contributed by atoms with van der Waals surface area (Å²) in [4.78, 5) is 38.7. The fourth-order valence-electron chi connectivity index (χ4n) is 3.14. The van der Waals surface area contributed by atoms with Crippen molar-refractivity contribution >= 4 is 41.2 Å². The largest absolute Gasteiger partial charge is 0.489 e. The molecule has 1 aliphatic heterocycles. The first-order chi connectivity index (χ1) is 14.2. The Kier molecular flexibility index (Phi) is 6.27. The fourth-order valence-corrected chi connectivity index (χ4v) is 3.37. The molecule has 0 aliphatic carbocycles. The number of barbiturate groups is 1. The second kappa shape index (κ2) is 8.71. The van der Waals surface area contributed by atoms with Crippen LogP contribution in [-0.2, 0) is 9.59 Å². The van der Waals surface area contributed by atoms with Gasteiger partial charge in [-0.2, -0.15) is 0 Å². The Hall–Kier alpha value is -3.12. The van der Waals surface area contributed by atoms with E-state index in [0.717, 1.165) is 22.4 Å². The second-order valence-electron chi connectivity index (χ2n) is 7.33. The maximum absolute atomic E-state index is 13.0. The summed E-state index contributed by atoms with van der Waals surface area (Å²) in [6, 6.07) is 9.61. The van der Waals surface area contributed by atoms with Gasteiger partial charge in [-0.25, -0.2) is 9.69 Å². The number of imide groups is 2. The number of carbonyl (C=O) groups is 3. The lowest BCUT2D eigenvalue weighted by Gasteiger charge is -2.27. The van der Waals surface area contributed by atoms with Crippen LogP contribution in [0.3, 0.4) is 0 Å². The zero-order chi connectivity index (χ0) is 22.0. The summed E-state index contributed by atoms with van der Waals surface area (Å²) in [5, 5.41) is 2.60. The van der Waals surface area contributed by atoms with Crippen LogP contribution in [0.5, 0.6) is 5.75 Å². The number of rotatable bonds is 5. The molecule has 1 fully saturated rings. The van der Waals surface area contributed by atoms with Crippen molar-refractivity contribution in [3.63, 3.8) is 0 Å². The molecular formula is C23H23ClN2O4. The van der Waals surface area contributed by atoms with Crippen molar-refractivity contribution in [1.29, 1.82) is 0 Å². The van der Waals surface area contributed by atoms with E-state index in [2.05, 4.69) is 5.32 Å². The van der Waals surface area contributed by atoms with Gasteiger partial charge in [-0.3, -0.25) is 14.9 Å². The Bertz CT molecular complexity index is 1040. The van der Waals surface area contributed by atoms with Gasteiger partial charge in [-0.05, 0) is 74.2 Å². The normalized spacial score (nSPS) is 16.6. The molecule has 0 bridgehead atoms. The van der Waals surface area contributed by atoms with Crippen molar-refractivity contribution < 1.29 is 19.1 Å². The highest BCUT2D eigenvalue weighted by Gasteiger charge is 2.37. The standard InChI is InChI=1S/C23H23ClN2O4/c1-5-15(4)30-20-7-6-16(12-19(20)24)11-18-21(27)25-23(29)26(22(18)28)17-9-13(2)8-14(3)10-17/h6-12,15H,5H2,1-4H3,(H,25,27,29)/b18-11+. The number of aryl methyl sites for hydroxylation is 2. The molecule has 1 aliphatic rings. The third kappa shape index (κ3) is 4.54. The van der Waals surface area contributed by atoms with Gasteiger partial charge < -0.3 is 4.74 Å². The molecule has 2 aromatic rings. The summed E-state index contributed by atoms with van der Waals surface area (Å²) in [5.74, 6) is -0.911. The number of hydrogen-bond acceptors (Lipinski definition) is 4. The minimum atomic E-state index is -0.775. The molecule has 1 N–H and O–H groups in total. The molecule has 1 saturated heterocycles. The van der Waals surface area contributed by atoms with Gasteiger partial charge in [0.15, 0.2) is 0 Å². The summed E-state index contributed by atoms with van der Waals surface area (Å²) >= 11 is 6.30. The molecule has 0 spiro atoms. The van der Waals surface area contributed by atoms with Crippen LogP contribution in [0.25, 0.3) is 6.08 Å². The van der Waals surface area contributed by atoms with Gasteiger partial charge in [0.2, 0.25) is 0 Å². The van der Waals surface area contributed by atoms with Gasteiger partial charge in [0.25, 0.3) is 11.8 Å². The van der Waals surface area contributed by atoms with Crippen LogP contribution in [0.15, 0.2) is 42.0 Å². The average Bonchev–Trinajstić information content (AvgIpc) is 2.66. The van der Waals surface area contributed by atoms with E-state index in [-0.39, 0.29) is 11.7 Å². The van der Waals surface area contributed by atoms with E-state index < -0.39 is 17.8 Å². The molecule has 1 atom stereocenters. The Balaban J connectivity index is 1.95. The molecule has 0 radical (unpaired) electrons. The minimum Gasteiger partial charge on any atom is -0.489 e. The summed E-state index contributed by atoms with van der Waals surface area (Å²) in [7, 11) is 0. The van der Waals surface area contributed by atoms with E-state index in [0.29, 0.717) is 22.0 Å². The van der Waals surface area contributed by atoms with E-state index >= 15 is 0 Å². The predicted octanol–water partition coefficient (Wildman–Crippen LogP) is 4.80. The van der Waals surface area contributed by atoms with E-state index in [4.69, 9.17) is 16.3 Å². The van der Waals surface area contributed by atoms with Crippen molar-refractivity contribution in [3.8, 4) is 5.75 Å². The zero-order valence-electron chi connectivity index (χ0n) is 17.3. The number of carbonyl (C=O) groups excluding carboxylic acids is 3. The van der Waals surface area contributed by atoms with Gasteiger partial charge in [-0.15, -0.1) is 0 Å². The van der Waals surface area contributed by atoms with E-state index in [1.54, 1.807) is 30.3 Å². The summed E-state index contributed by atoms with van der Waals surface area (Å²) in [5.41, 5.74) is 2.60. The molecule has 4 amide bonds. The van der Waals surface area contributed by atoms with Crippen LogP contribution in [0, 0.1) is 13.8 Å². The summed E-state index contributed by atoms with van der Waals surface area (Å²) < 4.78 is 5.74. The van der Waals surface area contributed by atoms with Crippen molar-refractivity contribution in [1.82, 2.24) is 5.32 Å². The van der Waals surface area contributed by atoms with Crippen molar-refractivity contribution in [2.45, 2.75) is 40.2 Å². The van der Waals surface area contributed by atoms with Gasteiger partial charge in [0.05, 0.1) is 16.8 Å². The Morgan fingerprint density at radius 2 is 1.77 bits per heavy atom. The first-order valence-corrected chi connectivity index (χ1v) is 10.0. The highest BCUT2D eigenvalue weighted by molar-refractivity contribution is 6.39. The SMILES string of the molecule is CCC(C)Oc1ccc(/C=C2\C(=O)NC(=O)N(c3cc(C)cc(C)c3)C2=O)cc1Cl. The van der Waals surface area contributed by atoms with E-state index in [9.17, 15) is 14.4 Å². The molecule has 0 aromatic heterocycles. The molecule has 0 saturated carbocycles. The van der Waals surface area contributed by atoms with Crippen LogP contribution in [0.4, 0.5) is 10.5 Å². The number of amides is 4. The van der Waals surface area contributed by atoms with Crippen LogP contribution >= 0.6 is 11.6 Å². The summed E-state index contributed by atoms with van der Waals surface area (Å²) in [6.45, 7) is 7.69. The molecule has 7 heteroatoms. The molecule has 2 aromatic carbocycles. The zero-order valence-corrected chi connectivity index (χ0v) is 18.0. The Morgan fingerprint density at radius 1 is 1.10 bits per heavy atom. The number of nitrogens with zero attached hydrogens (tertiary/aromatic N) is 1. The predicted molar refractivity (Wildman–Crippen MR) is 117 cm³/mol. The van der Waals surface area contributed by atoms with Gasteiger partial charge in [0.1, 0.15) is 11.3 Å². The number of benzene rings is 2. The Morgan fingerprint density at radius 3 is 2.37 bits per heavy atom. The number of nitrogens with one attached hydrogen (secondary N) is 1. The van der Waals surface area contributed by atoms with Crippen LogP contribution < -0.4 is 15.0 Å². The van der Waals surface area contributed by atoms with Crippen LogP contribution in [0.2, 0.25) is 5.02 Å². The minimum absolute atomic E-state index is 0.00904. The molecule has 1 unspecified atom stereocenters. The average molecular weight is 427 g/mol. The highest BCUT2D eigenvalue weighted by Crippen LogP contribution is 2.29. The number of urea groups is 1. The van der Waals surface area contributed by atoms with E-state index in [1.807, 2.05) is 33.8 Å². The molecule has 156 valence electrons. The fraction of sp³-hybridized carbons (Fsp3) is 0.261. The molecular weight excluding hydrogens is 404 g/mol. The highest BCUT2D eigenvalue weighted by atomic mass is 35.5. The topological polar surface area (TPSA) is 75.7 Å². The van der Waals surface area contributed by atoms with Crippen molar-refractivity contribution in [2.75, 3.05) is 4.90 Å².